The normalized spacial score (nSPS) is 41.7. The van der Waals surface area contributed by atoms with Crippen LogP contribution in [0.3, 0.4) is 0 Å². The van der Waals surface area contributed by atoms with Crippen LogP contribution in [-0.2, 0) is 91.3 Å². The number of hydrogen-bond donors (Lipinski definition) is 14. The fourth-order valence-electron chi connectivity index (χ4n) is 6.63. The molecule has 4 aliphatic heterocycles. The van der Waals surface area contributed by atoms with E-state index in [9.17, 15) is 94.7 Å². The molecule has 1 amide bonds. The Morgan fingerprint density at radius 1 is 0.587 bits per heavy atom. The molecule has 4 rings (SSSR count). The SMILES string of the molecule is CC(=O)N[C@H]1[C@@H](O[C@H]2[C@H](O)[C@@H](O)[C@H](O[C@H]3[C@H](CSO)[C@@H](OS(=O)(=O)O)[C@@H](O[C@H]4[C@H](O)[C@@H](OS(=O)(=O)O)[C@H](O)O[C@H]4C(=O)O)O[C@@H]3O)O[C@@H]2C(=O)O)O[C@H](COS(=O)(=O)O)[C@@H](O)[C@@H]1O. The van der Waals surface area contributed by atoms with Gasteiger partial charge in [-0.25, -0.2) is 22.1 Å². The first-order chi connectivity index (χ1) is 28.9. The summed E-state index contributed by atoms with van der Waals surface area (Å²) in [7, 11) is -16.4. The highest BCUT2D eigenvalue weighted by molar-refractivity contribution is 7.93. The Morgan fingerprint density at radius 2 is 1.10 bits per heavy atom. The molecule has 0 aromatic heterocycles. The van der Waals surface area contributed by atoms with E-state index in [1.807, 2.05) is 0 Å². The van der Waals surface area contributed by atoms with Crippen molar-refractivity contribution in [2.45, 2.75) is 124 Å². The summed E-state index contributed by atoms with van der Waals surface area (Å²) < 4.78 is 156. The largest absolute Gasteiger partial charge is 0.479 e. The summed E-state index contributed by atoms with van der Waals surface area (Å²) in [5.41, 5.74) is 0. The van der Waals surface area contributed by atoms with Crippen LogP contribution in [0.2, 0.25) is 0 Å². The van der Waals surface area contributed by atoms with E-state index in [1.165, 1.54) is 0 Å². The molecule has 4 saturated heterocycles. The van der Waals surface area contributed by atoms with Crippen molar-refractivity contribution in [1.29, 1.82) is 0 Å². The van der Waals surface area contributed by atoms with Crippen LogP contribution in [-0.4, -0.2) is 236 Å². The molecule has 4 fully saturated rings. The highest BCUT2D eigenvalue weighted by Gasteiger charge is 2.58. The lowest BCUT2D eigenvalue weighted by Gasteiger charge is -2.49. The van der Waals surface area contributed by atoms with Crippen LogP contribution in [0.4, 0.5) is 0 Å². The average molecular weight is 1010 g/mol. The molecule has 14 N–H and O–H groups in total. The van der Waals surface area contributed by atoms with E-state index in [0.717, 1.165) is 6.92 Å². The number of rotatable bonds is 18. The summed E-state index contributed by atoms with van der Waals surface area (Å²) in [6.07, 6.45) is -43.5. The molecule has 0 saturated carbocycles. The zero-order valence-corrected chi connectivity index (χ0v) is 34.4. The van der Waals surface area contributed by atoms with Gasteiger partial charge in [0.15, 0.2) is 49.8 Å². The van der Waals surface area contributed by atoms with Gasteiger partial charge in [0.2, 0.25) is 5.91 Å². The lowest BCUT2D eigenvalue weighted by atomic mass is 9.92. The molecular formula is C26H41NO32S4. The molecule has 0 unspecified atom stereocenters. The maximum atomic E-state index is 12.5. The minimum atomic E-state index is -5.72. The number of aliphatic hydroxyl groups is 7. The third-order valence-electron chi connectivity index (χ3n) is 9.30. The van der Waals surface area contributed by atoms with Crippen molar-refractivity contribution in [1.82, 2.24) is 5.32 Å². The van der Waals surface area contributed by atoms with Crippen LogP contribution in [0.15, 0.2) is 0 Å². The number of hydrogen-bond acceptors (Lipinski definition) is 28. The fourth-order valence-corrected chi connectivity index (χ4v) is 8.49. The fraction of sp³-hybridized carbons (Fsp3) is 0.885. The molecule has 0 radical (unpaired) electrons. The Hall–Kier alpha value is -2.23. The molecule has 0 bridgehead atoms. The number of nitrogens with one attached hydrogen (secondary N) is 1. The maximum absolute atomic E-state index is 12.5. The highest BCUT2D eigenvalue weighted by atomic mass is 32.3. The second kappa shape index (κ2) is 21.2. The molecular weight excluding hydrogens is 967 g/mol. The van der Waals surface area contributed by atoms with Crippen LogP contribution in [0, 0.1) is 5.92 Å². The van der Waals surface area contributed by atoms with Crippen molar-refractivity contribution < 1.29 is 150 Å². The van der Waals surface area contributed by atoms with Crippen molar-refractivity contribution >= 4 is 61.1 Å². The zero-order valence-electron chi connectivity index (χ0n) is 31.2. The summed E-state index contributed by atoms with van der Waals surface area (Å²) in [5.74, 6) is -7.92. The van der Waals surface area contributed by atoms with Gasteiger partial charge in [0.25, 0.3) is 0 Å². The molecule has 63 heavy (non-hydrogen) atoms. The van der Waals surface area contributed by atoms with Crippen molar-refractivity contribution in [3.05, 3.63) is 0 Å². The van der Waals surface area contributed by atoms with Gasteiger partial charge in [-0.15, -0.1) is 0 Å². The minimum Gasteiger partial charge on any atom is -0.479 e. The summed E-state index contributed by atoms with van der Waals surface area (Å²) in [5, 5.41) is 97.3. The first-order valence-electron chi connectivity index (χ1n) is 17.2. The number of ether oxygens (including phenoxy) is 7. The van der Waals surface area contributed by atoms with Gasteiger partial charge in [-0.2, -0.15) is 25.3 Å². The van der Waals surface area contributed by atoms with E-state index in [1.54, 1.807) is 0 Å². The number of carbonyl (C=O) groups is 3. The molecule has 0 aliphatic carbocycles. The van der Waals surface area contributed by atoms with E-state index >= 15 is 0 Å². The first-order valence-corrected chi connectivity index (χ1v) is 22.2. The Labute approximate surface area is 357 Å². The molecule has 0 aromatic rings. The summed E-state index contributed by atoms with van der Waals surface area (Å²) in [6, 6.07) is -1.85. The molecule has 4 heterocycles. The second-order valence-electron chi connectivity index (χ2n) is 13.6. The summed E-state index contributed by atoms with van der Waals surface area (Å²) in [4.78, 5) is 36.4. The Morgan fingerprint density at radius 3 is 1.62 bits per heavy atom. The molecule has 33 nitrogen and oxygen atoms in total. The number of aliphatic hydroxyl groups excluding tert-OH is 7. The van der Waals surface area contributed by atoms with Crippen LogP contribution < -0.4 is 5.32 Å². The van der Waals surface area contributed by atoms with Gasteiger partial charge in [-0.3, -0.25) is 18.5 Å². The van der Waals surface area contributed by atoms with Crippen molar-refractivity contribution in [2.24, 2.45) is 5.92 Å². The van der Waals surface area contributed by atoms with Crippen molar-refractivity contribution in [3.8, 4) is 0 Å². The molecule has 0 aromatic carbocycles. The quantitative estimate of drug-likeness (QED) is 0.0448. The van der Waals surface area contributed by atoms with Gasteiger partial charge in [-0.1, -0.05) is 0 Å². The maximum Gasteiger partial charge on any atom is 0.397 e. The summed E-state index contributed by atoms with van der Waals surface area (Å²) >= 11 is -0.177. The molecule has 4 aliphatic rings. The van der Waals surface area contributed by atoms with Crippen molar-refractivity contribution in [2.75, 3.05) is 12.4 Å². The lowest BCUT2D eigenvalue weighted by Crippen LogP contribution is -2.69. The number of carbonyl (C=O) groups excluding carboxylic acids is 1. The number of carboxylic acids is 2. The van der Waals surface area contributed by atoms with Gasteiger partial charge in [0, 0.05) is 18.6 Å². The zero-order chi connectivity index (χ0) is 47.7. The van der Waals surface area contributed by atoms with E-state index in [4.69, 9.17) is 42.3 Å². The van der Waals surface area contributed by atoms with Crippen LogP contribution in [0.5, 0.6) is 0 Å². The van der Waals surface area contributed by atoms with Crippen LogP contribution in [0.1, 0.15) is 6.92 Å². The summed E-state index contributed by atoms with van der Waals surface area (Å²) in [6.45, 7) is -0.313. The molecule has 20 atom stereocenters. The monoisotopic (exact) mass is 1010 g/mol. The van der Waals surface area contributed by atoms with Gasteiger partial charge in [-0.05, 0) is 12.0 Å². The van der Waals surface area contributed by atoms with Gasteiger partial charge >= 0.3 is 43.1 Å². The number of carboxylic acid groups (broad SMARTS) is 2. The Bertz CT molecular complexity index is 1940. The Balaban J connectivity index is 1.64. The standard InChI is InChI=1S/C26H41NO32S4/c1-4(28)27-7-9(30)8(29)6(2-50-61(41,42)43)51-24(7)54-15-10(31)11(32)25(56-19(15)21(36)37)53-13-5(3-60-40)14(58-62(44,45)46)26(57-22(13)38)55-16-12(33)17(59-63(47,48)49)23(39)52-18(16)20(34)35/h5-19,22-26,29-33,38-40H,2-3H2,1H3,(H,27,28)(H,34,35)(H,36,37)(H,41,42,43)(H,44,45,46)(H,47,48,49)/t5-,6+,7+,8+,9+,10+,11+,12-,13-,14+,15-,16-,17+,18+,19-,22-,23+,24+,25+,26-/m0/s1. The number of amides is 1. The number of aliphatic carboxylic acids is 2. The van der Waals surface area contributed by atoms with E-state index in [-0.39, 0.29) is 12.0 Å². The lowest BCUT2D eigenvalue weighted by molar-refractivity contribution is -0.391. The highest BCUT2D eigenvalue weighted by Crippen LogP contribution is 2.39. The van der Waals surface area contributed by atoms with Gasteiger partial charge in [0.05, 0.1) is 6.61 Å². The topological polar surface area (TPSA) is 521 Å². The predicted octanol–water partition coefficient (Wildman–Crippen LogP) is -8.52. The van der Waals surface area contributed by atoms with Crippen molar-refractivity contribution in [3.63, 3.8) is 0 Å². The third kappa shape index (κ3) is 13.7. The van der Waals surface area contributed by atoms with E-state index in [0.29, 0.717) is 0 Å². The predicted molar refractivity (Wildman–Crippen MR) is 186 cm³/mol. The molecule has 0 spiro atoms. The van der Waals surface area contributed by atoms with Crippen LogP contribution in [0.25, 0.3) is 0 Å². The molecule has 37 heteroatoms. The van der Waals surface area contributed by atoms with E-state index in [2.05, 4.69) is 17.9 Å². The third-order valence-corrected chi connectivity index (χ3v) is 11.2. The molecule has 366 valence electrons. The second-order valence-corrected chi connectivity index (χ2v) is 17.4. The minimum absolute atomic E-state index is 0.177. The van der Waals surface area contributed by atoms with Gasteiger partial charge in [0.1, 0.15) is 67.1 Å². The van der Waals surface area contributed by atoms with E-state index < -0.39 is 184 Å². The van der Waals surface area contributed by atoms with Gasteiger partial charge < -0.3 is 89.0 Å². The first kappa shape index (κ1) is 53.4. The van der Waals surface area contributed by atoms with Crippen LogP contribution >= 0.6 is 12.0 Å². The average Bonchev–Trinajstić information content (AvgIpc) is 3.14. The Kier molecular flexibility index (Phi) is 17.9. The smallest absolute Gasteiger partial charge is 0.397 e.